The molecule has 0 spiro atoms. The third-order valence-electron chi connectivity index (χ3n) is 14.1. The van der Waals surface area contributed by atoms with Crippen molar-refractivity contribution in [3.8, 4) is 18.4 Å². The molecule has 5 fully saturated rings. The molecule has 280 valence electrons. The molecule has 4 unspecified atom stereocenters. The molecule has 1 aromatic heterocycles. The summed E-state index contributed by atoms with van der Waals surface area (Å²) in [6, 6.07) is 9.61. The number of hydrogen-bond donors (Lipinski definition) is 0. The second-order valence-corrected chi connectivity index (χ2v) is 17.7. The molecule has 0 N–H and O–H groups in total. The van der Waals surface area contributed by atoms with Gasteiger partial charge in [0.25, 0.3) is 0 Å². The first-order chi connectivity index (χ1) is 25.8. The van der Waals surface area contributed by atoms with Crippen molar-refractivity contribution >= 4 is 22.8 Å². The topological polar surface area (TPSA) is 71.0 Å². The number of nitrogens with zero attached hydrogens (tertiary/aromatic N) is 5. The number of rotatable bonds is 7. The number of terminal acetylenes is 1. The van der Waals surface area contributed by atoms with Crippen molar-refractivity contribution in [3.63, 3.8) is 0 Å². The summed E-state index contributed by atoms with van der Waals surface area (Å²) in [5, 5.41) is 1.14. The van der Waals surface area contributed by atoms with Crippen LogP contribution >= 0.6 is 0 Å². The van der Waals surface area contributed by atoms with E-state index in [1.54, 1.807) is 0 Å². The molecule has 0 radical (unpaired) electrons. The summed E-state index contributed by atoms with van der Waals surface area (Å²) >= 11 is 0. The lowest BCUT2D eigenvalue weighted by Gasteiger charge is -2.36. The lowest BCUT2D eigenvalue weighted by Crippen LogP contribution is -2.48. The first-order valence-electron chi connectivity index (χ1n) is 20.8. The highest BCUT2D eigenvalue weighted by molar-refractivity contribution is 5.94. The van der Waals surface area contributed by atoms with Gasteiger partial charge < -0.3 is 19.3 Å². The Hall–Kier alpha value is -3.83. The summed E-state index contributed by atoms with van der Waals surface area (Å²) in [6.07, 6.45) is 19.7. The first kappa shape index (κ1) is 34.9. The van der Waals surface area contributed by atoms with E-state index in [2.05, 4.69) is 60.8 Å². The molecule has 2 aromatic carbocycles. The average molecular weight is 716 g/mol. The molecule has 8 heteroatoms. The minimum absolute atomic E-state index is 0.0774. The summed E-state index contributed by atoms with van der Waals surface area (Å²) < 4.78 is 12.7. The fraction of sp³-hybridized carbons (Fsp3) is 0.622. The van der Waals surface area contributed by atoms with E-state index >= 15 is 0 Å². The van der Waals surface area contributed by atoms with Gasteiger partial charge in [-0.05, 0) is 155 Å². The monoisotopic (exact) mass is 715 g/mol. The third kappa shape index (κ3) is 6.35. The van der Waals surface area contributed by atoms with Gasteiger partial charge in [-0.15, -0.1) is 6.42 Å². The number of carbonyl (C=O) groups excluding carboxylic acids is 1. The number of amides is 1. The summed E-state index contributed by atoms with van der Waals surface area (Å²) in [5.74, 6) is 6.33. The van der Waals surface area contributed by atoms with Crippen LogP contribution in [-0.4, -0.2) is 83.4 Å². The molecule has 9 rings (SSSR count). The molecule has 1 amide bonds. The maximum Gasteiger partial charge on any atom is 0.409 e. The molecule has 4 saturated heterocycles. The molecular weight excluding hydrogens is 659 g/mol. The third-order valence-corrected chi connectivity index (χ3v) is 14.1. The Bertz CT molecular complexity index is 1920. The zero-order valence-electron chi connectivity index (χ0n) is 32.2. The SMILES string of the molecule is C#Cc1cccc2c1[C@H](c1c(C)cc3c(N4CC5CCC(C5)C4)nc(OCC45CCCN4C(COC(=O)N4CCCCC4)CC5)nc3c1C)C[C@H](C)C2. The highest BCUT2D eigenvalue weighted by Gasteiger charge is 2.50. The van der Waals surface area contributed by atoms with Crippen LogP contribution in [0.25, 0.3) is 10.9 Å². The predicted octanol–water partition coefficient (Wildman–Crippen LogP) is 8.18. The number of fused-ring (bicyclic) bond motifs is 5. The Morgan fingerprint density at radius 1 is 0.981 bits per heavy atom. The highest BCUT2D eigenvalue weighted by atomic mass is 16.6. The number of aromatic nitrogens is 2. The number of anilines is 1. The van der Waals surface area contributed by atoms with Gasteiger partial charge in [-0.1, -0.05) is 25.0 Å². The number of piperidine rings is 2. The Kier molecular flexibility index (Phi) is 9.29. The fourth-order valence-corrected chi connectivity index (χ4v) is 11.7. The van der Waals surface area contributed by atoms with E-state index < -0.39 is 0 Å². The van der Waals surface area contributed by atoms with Gasteiger partial charge in [0, 0.05) is 49.1 Å². The normalized spacial score (nSPS) is 29.6. The smallest absolute Gasteiger partial charge is 0.409 e. The van der Waals surface area contributed by atoms with E-state index in [0.717, 1.165) is 118 Å². The molecule has 4 aliphatic heterocycles. The van der Waals surface area contributed by atoms with Crippen molar-refractivity contribution in [3.05, 3.63) is 57.6 Å². The van der Waals surface area contributed by atoms with E-state index in [1.807, 2.05) is 4.90 Å². The number of carbonyl (C=O) groups is 1. The Morgan fingerprint density at radius 2 is 1.79 bits per heavy atom. The Morgan fingerprint density at radius 3 is 2.58 bits per heavy atom. The number of hydrogen-bond acceptors (Lipinski definition) is 7. The predicted molar refractivity (Wildman–Crippen MR) is 210 cm³/mol. The van der Waals surface area contributed by atoms with Crippen LogP contribution in [0.15, 0.2) is 24.3 Å². The minimum atomic E-state index is -0.146. The van der Waals surface area contributed by atoms with E-state index in [0.29, 0.717) is 25.1 Å². The van der Waals surface area contributed by atoms with Crippen LogP contribution in [0.5, 0.6) is 6.01 Å². The molecule has 1 saturated carbocycles. The highest BCUT2D eigenvalue weighted by Crippen LogP contribution is 2.47. The van der Waals surface area contributed by atoms with E-state index in [-0.39, 0.29) is 23.6 Å². The van der Waals surface area contributed by atoms with Crippen LogP contribution in [0.2, 0.25) is 0 Å². The minimum Gasteiger partial charge on any atom is -0.461 e. The van der Waals surface area contributed by atoms with Gasteiger partial charge in [0.05, 0.1) is 11.1 Å². The standard InChI is InChI=1S/C45H57N5O3/c1-5-34-11-9-12-35-21-29(2)22-37(40(34)35)39-30(3)23-38-41(31(39)4)46-43(47-42(38)49-25-32-13-14-33(24-32)26-49)53-28-45-16-10-20-50(45)36(15-17-45)27-52-44(51)48-18-7-6-8-19-48/h1,9,11-12,23,29,32-33,36-37H,6-8,10,13-22,24-28H2,2-4H3/t29-,32?,33?,36?,37+,45?/m1/s1. The van der Waals surface area contributed by atoms with Crippen LogP contribution in [0.3, 0.4) is 0 Å². The molecule has 53 heavy (non-hydrogen) atoms. The lowest BCUT2D eigenvalue weighted by molar-refractivity contribution is 0.0420. The summed E-state index contributed by atoms with van der Waals surface area (Å²) in [7, 11) is 0. The van der Waals surface area contributed by atoms with Gasteiger partial charge in [0.2, 0.25) is 0 Å². The molecule has 6 atom stereocenters. The number of likely N-dealkylation sites (tertiary alicyclic amines) is 1. The van der Waals surface area contributed by atoms with E-state index in [4.69, 9.17) is 25.9 Å². The van der Waals surface area contributed by atoms with Crippen LogP contribution < -0.4 is 9.64 Å². The zero-order valence-corrected chi connectivity index (χ0v) is 32.2. The number of ether oxygens (including phenoxy) is 2. The Balaban J connectivity index is 1.04. The number of benzene rings is 2. The number of aryl methyl sites for hydroxylation is 2. The van der Waals surface area contributed by atoms with Crippen molar-refractivity contribution in [2.75, 3.05) is 50.8 Å². The van der Waals surface area contributed by atoms with Gasteiger partial charge in [0.1, 0.15) is 19.0 Å². The van der Waals surface area contributed by atoms with Crippen LogP contribution in [0.4, 0.5) is 10.6 Å². The molecule has 5 heterocycles. The van der Waals surface area contributed by atoms with Gasteiger partial charge in [-0.2, -0.15) is 9.97 Å². The van der Waals surface area contributed by atoms with Gasteiger partial charge in [-0.25, -0.2) is 4.79 Å². The zero-order chi connectivity index (χ0) is 36.3. The van der Waals surface area contributed by atoms with Crippen molar-refractivity contribution in [1.29, 1.82) is 0 Å². The molecule has 2 aliphatic carbocycles. The second kappa shape index (κ2) is 14.1. The second-order valence-electron chi connectivity index (χ2n) is 17.7. The molecule has 6 aliphatic rings. The van der Waals surface area contributed by atoms with Gasteiger partial charge in [-0.3, -0.25) is 4.90 Å². The van der Waals surface area contributed by atoms with Crippen molar-refractivity contribution in [2.45, 2.75) is 115 Å². The summed E-state index contributed by atoms with van der Waals surface area (Å²) in [5.41, 5.74) is 8.55. The van der Waals surface area contributed by atoms with Gasteiger partial charge >= 0.3 is 12.1 Å². The maximum absolute atomic E-state index is 12.9. The van der Waals surface area contributed by atoms with Crippen LogP contribution in [0, 0.1) is 43.9 Å². The maximum atomic E-state index is 12.9. The molecular formula is C45H57N5O3. The van der Waals surface area contributed by atoms with Crippen molar-refractivity contribution in [1.82, 2.24) is 19.8 Å². The average Bonchev–Trinajstić information content (AvgIpc) is 3.85. The molecule has 2 bridgehead atoms. The lowest BCUT2D eigenvalue weighted by atomic mass is 9.71. The van der Waals surface area contributed by atoms with E-state index in [1.165, 1.54) is 53.5 Å². The first-order valence-corrected chi connectivity index (χ1v) is 20.8. The van der Waals surface area contributed by atoms with Crippen molar-refractivity contribution < 1.29 is 14.3 Å². The quantitative estimate of drug-likeness (QED) is 0.229. The van der Waals surface area contributed by atoms with Crippen LogP contribution in [-0.2, 0) is 11.2 Å². The van der Waals surface area contributed by atoms with Crippen LogP contribution in [0.1, 0.15) is 117 Å². The fourth-order valence-electron chi connectivity index (χ4n) is 11.7. The van der Waals surface area contributed by atoms with E-state index in [9.17, 15) is 4.79 Å². The Labute approximate surface area is 316 Å². The molecule has 3 aromatic rings. The summed E-state index contributed by atoms with van der Waals surface area (Å²) in [6.45, 7) is 12.7. The van der Waals surface area contributed by atoms with Crippen molar-refractivity contribution in [2.24, 2.45) is 17.8 Å². The summed E-state index contributed by atoms with van der Waals surface area (Å²) in [4.78, 5) is 30.5. The largest absolute Gasteiger partial charge is 0.461 e. The molecule has 8 nitrogen and oxygen atoms in total. The van der Waals surface area contributed by atoms with Gasteiger partial charge in [0.15, 0.2) is 0 Å².